The van der Waals surface area contributed by atoms with Crippen molar-refractivity contribution in [3.8, 4) is 11.5 Å². The van der Waals surface area contributed by atoms with Crippen molar-refractivity contribution in [2.75, 3.05) is 26.4 Å². The molecule has 1 atom stereocenters. The van der Waals surface area contributed by atoms with Crippen LogP contribution in [-0.2, 0) is 9.09 Å². The van der Waals surface area contributed by atoms with Crippen LogP contribution in [0.3, 0.4) is 0 Å². The highest BCUT2D eigenvalue weighted by atomic mass is 31.1. The lowest BCUT2D eigenvalue weighted by Gasteiger charge is -2.07. The molecule has 0 saturated carbocycles. The number of aliphatic hydroxyl groups is 1. The predicted octanol–water partition coefficient (Wildman–Crippen LogP) is 0.835. The third-order valence-electron chi connectivity index (χ3n) is 1.76. The third kappa shape index (κ3) is 6.28. The van der Waals surface area contributed by atoms with Crippen molar-refractivity contribution >= 4 is 8.25 Å². The van der Waals surface area contributed by atoms with Crippen molar-refractivity contribution in [2.24, 2.45) is 0 Å². The zero-order valence-corrected chi connectivity index (χ0v) is 10.2. The van der Waals surface area contributed by atoms with Gasteiger partial charge in [-0.2, -0.15) is 0 Å². The zero-order valence-electron chi connectivity index (χ0n) is 9.17. The van der Waals surface area contributed by atoms with E-state index in [9.17, 15) is 4.57 Å². The van der Waals surface area contributed by atoms with E-state index in [1.54, 1.807) is 24.3 Å². The minimum absolute atomic E-state index is 0.0318. The summed E-state index contributed by atoms with van der Waals surface area (Å²) in [5.41, 5.74) is 0. The van der Waals surface area contributed by atoms with E-state index in [0.29, 0.717) is 11.5 Å². The van der Waals surface area contributed by atoms with Crippen LogP contribution in [0.5, 0.6) is 11.5 Å². The molecule has 0 bridgehead atoms. The summed E-state index contributed by atoms with van der Waals surface area (Å²) in [7, 11) is -2.88. The van der Waals surface area contributed by atoms with Gasteiger partial charge in [-0.15, -0.1) is 0 Å². The first-order chi connectivity index (χ1) is 8.22. The molecule has 0 aliphatic carbocycles. The van der Waals surface area contributed by atoms with E-state index in [2.05, 4.69) is 4.52 Å². The summed E-state index contributed by atoms with van der Waals surface area (Å²) in [5, 5.41) is 8.56. The maximum absolute atomic E-state index is 10.2. The number of hydrogen-bond donors (Lipinski definition) is 2. The fraction of sp³-hybridized carbons (Fsp3) is 0.400. The minimum atomic E-state index is -2.88. The molecule has 7 heteroatoms. The largest absolute Gasteiger partial charge is 0.491 e. The van der Waals surface area contributed by atoms with Crippen molar-refractivity contribution in [1.29, 1.82) is 0 Å². The van der Waals surface area contributed by atoms with Gasteiger partial charge in [-0.1, -0.05) is 0 Å². The molecule has 1 unspecified atom stereocenters. The van der Waals surface area contributed by atoms with Crippen LogP contribution in [0.25, 0.3) is 0 Å². The molecule has 2 N–H and O–H groups in total. The molecule has 0 radical (unpaired) electrons. The lowest BCUT2D eigenvalue weighted by atomic mass is 10.3. The molecule has 0 aromatic heterocycles. The van der Waals surface area contributed by atoms with Gasteiger partial charge < -0.3 is 24.0 Å². The Balaban J connectivity index is 2.27. The van der Waals surface area contributed by atoms with Crippen LogP contribution >= 0.6 is 8.25 Å². The highest BCUT2D eigenvalue weighted by Gasteiger charge is 1.97. The molecule has 0 aliphatic heterocycles. The van der Waals surface area contributed by atoms with E-state index >= 15 is 0 Å². The maximum Gasteiger partial charge on any atom is 0.316 e. The molecule has 1 aromatic carbocycles. The number of hydrogen-bond acceptors (Lipinski definition) is 5. The quantitative estimate of drug-likeness (QED) is 0.533. The average Bonchev–Trinajstić information content (AvgIpc) is 2.33. The Hall–Kier alpha value is -1.07. The fourth-order valence-corrected chi connectivity index (χ4v) is 1.34. The predicted molar refractivity (Wildman–Crippen MR) is 61.7 cm³/mol. The SMILES string of the molecule is O=[PH](O)OCCOc1ccc(OCCO)cc1. The zero-order chi connectivity index (χ0) is 12.5. The van der Waals surface area contributed by atoms with E-state index in [1.165, 1.54) is 0 Å². The van der Waals surface area contributed by atoms with Crippen LogP contribution in [0, 0.1) is 0 Å². The number of aliphatic hydroxyl groups excluding tert-OH is 1. The van der Waals surface area contributed by atoms with Crippen molar-refractivity contribution < 1.29 is 28.6 Å². The van der Waals surface area contributed by atoms with Crippen LogP contribution in [0.15, 0.2) is 24.3 Å². The smallest absolute Gasteiger partial charge is 0.316 e. The van der Waals surface area contributed by atoms with Crippen LogP contribution in [0.2, 0.25) is 0 Å². The van der Waals surface area contributed by atoms with Gasteiger partial charge in [0.05, 0.1) is 13.2 Å². The Bertz CT molecular complexity index is 339. The highest BCUT2D eigenvalue weighted by Crippen LogP contribution is 2.18. The fourth-order valence-electron chi connectivity index (χ4n) is 1.08. The lowest BCUT2D eigenvalue weighted by Crippen LogP contribution is -2.04. The summed E-state index contributed by atoms with van der Waals surface area (Å²) in [6.07, 6.45) is 0. The Morgan fingerprint density at radius 1 is 1.00 bits per heavy atom. The van der Waals surface area contributed by atoms with Crippen LogP contribution in [0.1, 0.15) is 0 Å². The second-order valence-electron chi connectivity index (χ2n) is 3.01. The molecule has 0 fully saturated rings. The topological polar surface area (TPSA) is 85.2 Å². The van der Waals surface area contributed by atoms with Gasteiger partial charge in [0.25, 0.3) is 0 Å². The molecule has 0 spiro atoms. The first-order valence-corrected chi connectivity index (χ1v) is 6.31. The molecular weight excluding hydrogens is 247 g/mol. The molecule has 0 saturated heterocycles. The molecule has 0 heterocycles. The van der Waals surface area contributed by atoms with Crippen molar-refractivity contribution in [3.05, 3.63) is 24.3 Å². The van der Waals surface area contributed by atoms with E-state index < -0.39 is 8.25 Å². The van der Waals surface area contributed by atoms with Gasteiger partial charge in [-0.25, -0.2) is 0 Å². The summed E-state index contributed by atoms with van der Waals surface area (Å²) >= 11 is 0. The van der Waals surface area contributed by atoms with E-state index in [-0.39, 0.29) is 26.4 Å². The normalized spacial score (nSPS) is 12.1. The second kappa shape index (κ2) is 8.08. The molecule has 0 aliphatic rings. The summed E-state index contributed by atoms with van der Waals surface area (Å²) in [5.74, 6) is 1.26. The Labute approximate surface area is 99.7 Å². The van der Waals surface area contributed by atoms with Gasteiger partial charge in [0.1, 0.15) is 24.7 Å². The van der Waals surface area contributed by atoms with Gasteiger partial charge in [0, 0.05) is 0 Å². The van der Waals surface area contributed by atoms with E-state index in [1.807, 2.05) is 0 Å². The maximum atomic E-state index is 10.2. The molecule has 6 nitrogen and oxygen atoms in total. The lowest BCUT2D eigenvalue weighted by molar-refractivity contribution is 0.200. The van der Waals surface area contributed by atoms with Gasteiger partial charge in [-0.05, 0) is 24.3 Å². The van der Waals surface area contributed by atoms with E-state index in [4.69, 9.17) is 19.5 Å². The first-order valence-electron chi connectivity index (χ1n) is 5.04. The summed E-state index contributed by atoms with van der Waals surface area (Å²) in [6.45, 7) is 0.486. The highest BCUT2D eigenvalue weighted by molar-refractivity contribution is 7.32. The number of benzene rings is 1. The van der Waals surface area contributed by atoms with Gasteiger partial charge >= 0.3 is 8.25 Å². The average molecular weight is 262 g/mol. The minimum Gasteiger partial charge on any atom is -0.491 e. The Morgan fingerprint density at radius 3 is 2.00 bits per heavy atom. The molecule has 0 amide bonds. The first kappa shape index (κ1) is 14.0. The third-order valence-corrected chi connectivity index (χ3v) is 2.21. The van der Waals surface area contributed by atoms with Crippen molar-refractivity contribution in [3.63, 3.8) is 0 Å². The summed E-state index contributed by atoms with van der Waals surface area (Å²) in [4.78, 5) is 8.40. The van der Waals surface area contributed by atoms with Crippen LogP contribution in [-0.4, -0.2) is 36.4 Å². The Morgan fingerprint density at radius 2 is 1.53 bits per heavy atom. The molecule has 96 valence electrons. The van der Waals surface area contributed by atoms with Crippen LogP contribution < -0.4 is 9.47 Å². The monoisotopic (exact) mass is 262 g/mol. The number of ether oxygens (including phenoxy) is 2. The van der Waals surface area contributed by atoms with Crippen molar-refractivity contribution in [1.82, 2.24) is 0 Å². The van der Waals surface area contributed by atoms with Gasteiger partial charge in [-0.3, -0.25) is 4.57 Å². The Kier molecular flexibility index (Phi) is 6.65. The summed E-state index contributed by atoms with van der Waals surface area (Å²) < 4.78 is 25.1. The van der Waals surface area contributed by atoms with Gasteiger partial charge in [0.15, 0.2) is 0 Å². The molecule has 1 aromatic rings. The molecular formula is C10H15O6P. The second-order valence-corrected chi connectivity index (χ2v) is 3.83. The van der Waals surface area contributed by atoms with Crippen molar-refractivity contribution in [2.45, 2.75) is 0 Å². The van der Waals surface area contributed by atoms with E-state index in [0.717, 1.165) is 0 Å². The van der Waals surface area contributed by atoms with Gasteiger partial charge in [0.2, 0.25) is 0 Å². The standard InChI is InChI=1S/C10H15O6P/c11-5-6-14-9-1-3-10(4-2-9)15-7-8-16-17(12)13/h1-4,11,17H,5-8H2,(H,12,13). The van der Waals surface area contributed by atoms with Crippen LogP contribution in [0.4, 0.5) is 0 Å². The summed E-state index contributed by atoms with van der Waals surface area (Å²) in [6, 6.07) is 6.82. The molecule has 1 rings (SSSR count). The molecule has 17 heavy (non-hydrogen) atoms. The number of rotatable bonds is 8.